The van der Waals surface area contributed by atoms with Gasteiger partial charge in [0, 0.05) is 29.4 Å². The van der Waals surface area contributed by atoms with Gasteiger partial charge in [0.15, 0.2) is 0 Å². The Morgan fingerprint density at radius 1 is 1.07 bits per heavy atom. The van der Waals surface area contributed by atoms with E-state index >= 15 is 0 Å². The predicted octanol–water partition coefficient (Wildman–Crippen LogP) is 5.08. The Morgan fingerprint density at radius 3 is 2.52 bits per heavy atom. The first kappa shape index (κ1) is 20.9. The van der Waals surface area contributed by atoms with Crippen LogP contribution in [0.25, 0.3) is 10.9 Å². The third-order valence-electron chi connectivity index (χ3n) is 4.81. The highest BCUT2D eigenvalue weighted by atomic mass is 35.5. The highest BCUT2D eigenvalue weighted by Gasteiger charge is 2.16. The van der Waals surface area contributed by atoms with Gasteiger partial charge in [-0.15, -0.1) is 12.4 Å². The second-order valence-corrected chi connectivity index (χ2v) is 6.34. The van der Waals surface area contributed by atoms with Crippen molar-refractivity contribution >= 4 is 23.3 Å². The van der Waals surface area contributed by atoms with Crippen molar-refractivity contribution in [3.8, 4) is 17.4 Å². The average Bonchev–Trinajstić information content (AvgIpc) is 2.92. The van der Waals surface area contributed by atoms with Crippen molar-refractivity contribution in [1.82, 2.24) is 9.55 Å². The van der Waals surface area contributed by atoms with Crippen molar-refractivity contribution in [3.05, 3.63) is 47.3 Å². The number of fused-ring (bicyclic) bond motifs is 1. The molecule has 2 heterocycles. The number of rotatable bonds is 7. The summed E-state index contributed by atoms with van der Waals surface area (Å²) in [5.74, 6) is 2.20. The third kappa shape index (κ3) is 3.98. The van der Waals surface area contributed by atoms with E-state index in [1.54, 1.807) is 14.2 Å². The lowest BCUT2D eigenvalue weighted by atomic mass is 10.2. The minimum Gasteiger partial charge on any atom is -0.497 e. The highest BCUT2D eigenvalue weighted by molar-refractivity contribution is 5.88. The maximum atomic E-state index is 6.14. The first-order valence-electron chi connectivity index (χ1n) is 8.88. The zero-order valence-electron chi connectivity index (χ0n) is 16.5. The molecule has 0 bridgehead atoms. The molecule has 0 fully saturated rings. The van der Waals surface area contributed by atoms with E-state index in [1.165, 1.54) is 16.6 Å². The zero-order chi connectivity index (χ0) is 18.7. The van der Waals surface area contributed by atoms with Crippen LogP contribution in [0.4, 0.5) is 0 Å². The van der Waals surface area contributed by atoms with Crippen LogP contribution < -0.4 is 14.2 Å². The van der Waals surface area contributed by atoms with Crippen LogP contribution in [0.3, 0.4) is 0 Å². The van der Waals surface area contributed by atoms with Crippen molar-refractivity contribution in [2.24, 2.45) is 0 Å². The van der Waals surface area contributed by atoms with Gasteiger partial charge >= 0.3 is 0 Å². The molecule has 0 radical (unpaired) electrons. The topological polar surface area (TPSA) is 45.5 Å². The van der Waals surface area contributed by atoms with Gasteiger partial charge in [-0.2, -0.15) is 0 Å². The van der Waals surface area contributed by atoms with Gasteiger partial charge in [-0.25, -0.2) is 4.98 Å². The van der Waals surface area contributed by atoms with Crippen LogP contribution in [0, 0.1) is 13.8 Å². The van der Waals surface area contributed by atoms with Crippen LogP contribution in [0.5, 0.6) is 17.4 Å². The zero-order valence-corrected chi connectivity index (χ0v) is 17.4. The molecular formula is C21H27ClN2O3. The van der Waals surface area contributed by atoms with Crippen molar-refractivity contribution in [2.75, 3.05) is 14.2 Å². The molecule has 0 amide bonds. The van der Waals surface area contributed by atoms with Gasteiger partial charge < -0.3 is 18.8 Å². The summed E-state index contributed by atoms with van der Waals surface area (Å²) in [6.45, 7) is 7.79. The van der Waals surface area contributed by atoms with Crippen LogP contribution in [0.1, 0.15) is 30.2 Å². The number of hydrogen-bond donors (Lipinski definition) is 0. The van der Waals surface area contributed by atoms with Crippen LogP contribution in [0.15, 0.2) is 30.5 Å². The van der Waals surface area contributed by atoms with Crippen molar-refractivity contribution in [3.63, 3.8) is 0 Å². The molecular weight excluding hydrogens is 364 g/mol. The van der Waals surface area contributed by atoms with Crippen LogP contribution in [-0.2, 0) is 13.2 Å². The van der Waals surface area contributed by atoms with Crippen LogP contribution in [0.2, 0.25) is 0 Å². The van der Waals surface area contributed by atoms with Crippen LogP contribution in [-0.4, -0.2) is 23.8 Å². The molecule has 0 atom stereocenters. The maximum Gasteiger partial charge on any atom is 0.238 e. The van der Waals surface area contributed by atoms with Crippen molar-refractivity contribution < 1.29 is 14.2 Å². The first-order valence-corrected chi connectivity index (χ1v) is 8.88. The highest BCUT2D eigenvalue weighted by Crippen LogP contribution is 2.32. The second kappa shape index (κ2) is 9.00. The van der Waals surface area contributed by atoms with E-state index in [2.05, 4.69) is 36.4 Å². The molecule has 3 aromatic rings. The Morgan fingerprint density at radius 2 is 1.85 bits per heavy atom. The maximum absolute atomic E-state index is 6.14. The lowest BCUT2D eigenvalue weighted by molar-refractivity contribution is 0.287. The molecule has 27 heavy (non-hydrogen) atoms. The van der Waals surface area contributed by atoms with Gasteiger partial charge in [0.1, 0.15) is 23.6 Å². The Labute approximate surface area is 166 Å². The summed E-state index contributed by atoms with van der Waals surface area (Å²) in [5.41, 5.74) is 4.53. The largest absolute Gasteiger partial charge is 0.497 e. The average molecular weight is 391 g/mol. The summed E-state index contributed by atoms with van der Waals surface area (Å²) in [5, 5.41) is 1.19. The Balaban J connectivity index is 0.00000261. The molecule has 2 aromatic heterocycles. The molecule has 1 aromatic carbocycles. The molecule has 0 saturated heterocycles. The molecule has 146 valence electrons. The second-order valence-electron chi connectivity index (χ2n) is 6.34. The molecule has 0 unspecified atom stereocenters. The summed E-state index contributed by atoms with van der Waals surface area (Å²) in [7, 11) is 3.31. The predicted molar refractivity (Wildman–Crippen MR) is 111 cm³/mol. The number of methoxy groups -OCH3 is 2. The number of halogens is 1. The van der Waals surface area contributed by atoms with Gasteiger partial charge in [-0.05, 0) is 50.1 Å². The van der Waals surface area contributed by atoms with E-state index in [0.717, 1.165) is 35.5 Å². The van der Waals surface area contributed by atoms with Crippen molar-refractivity contribution in [2.45, 2.75) is 40.3 Å². The molecule has 0 aliphatic heterocycles. The number of nitrogens with zero attached hydrogens (tertiary/aromatic N) is 2. The van der Waals surface area contributed by atoms with Crippen molar-refractivity contribution in [1.29, 1.82) is 0 Å². The van der Waals surface area contributed by atoms with Gasteiger partial charge in [0.05, 0.1) is 14.2 Å². The number of ether oxygens (including phenoxy) is 3. The molecule has 0 aliphatic carbocycles. The fourth-order valence-electron chi connectivity index (χ4n) is 3.31. The number of benzene rings is 1. The number of hydrogen-bond acceptors (Lipinski definition) is 4. The third-order valence-corrected chi connectivity index (χ3v) is 4.81. The van der Waals surface area contributed by atoms with Gasteiger partial charge in [0.25, 0.3) is 0 Å². The fraction of sp³-hybridized carbons (Fsp3) is 0.381. The lowest BCUT2D eigenvalue weighted by Gasteiger charge is -2.13. The van der Waals surface area contributed by atoms with Gasteiger partial charge in [-0.1, -0.05) is 6.92 Å². The Kier molecular flexibility index (Phi) is 6.97. The summed E-state index contributed by atoms with van der Waals surface area (Å²) in [6, 6.07) is 7.75. The van der Waals surface area contributed by atoms with Gasteiger partial charge in [0.2, 0.25) is 5.88 Å². The lowest BCUT2D eigenvalue weighted by Crippen LogP contribution is -2.04. The van der Waals surface area contributed by atoms with E-state index in [-0.39, 0.29) is 12.4 Å². The normalized spacial score (nSPS) is 10.6. The minimum atomic E-state index is 0. The van der Waals surface area contributed by atoms with E-state index in [0.29, 0.717) is 12.5 Å². The molecule has 0 N–H and O–H groups in total. The SMILES string of the molecule is CCCn1c(C)c(C)c2ccnc(OCc3cc(OC)ccc3OC)c21.Cl. The molecule has 5 nitrogen and oxygen atoms in total. The summed E-state index contributed by atoms with van der Waals surface area (Å²) in [4.78, 5) is 4.50. The summed E-state index contributed by atoms with van der Waals surface area (Å²) in [6.07, 6.45) is 2.87. The minimum absolute atomic E-state index is 0. The molecule has 0 spiro atoms. The van der Waals surface area contributed by atoms with Gasteiger partial charge in [-0.3, -0.25) is 0 Å². The number of pyridine rings is 1. The quantitative estimate of drug-likeness (QED) is 0.564. The van der Waals surface area contributed by atoms with E-state index in [4.69, 9.17) is 14.2 Å². The monoisotopic (exact) mass is 390 g/mol. The first-order chi connectivity index (χ1) is 12.6. The fourth-order valence-corrected chi connectivity index (χ4v) is 3.31. The summed E-state index contributed by atoms with van der Waals surface area (Å²) >= 11 is 0. The number of aromatic nitrogens is 2. The molecule has 0 saturated carbocycles. The molecule has 3 rings (SSSR count). The van der Waals surface area contributed by atoms with E-state index < -0.39 is 0 Å². The Hall–Kier alpha value is -2.40. The van der Waals surface area contributed by atoms with E-state index in [9.17, 15) is 0 Å². The Bertz CT molecular complexity index is 921. The molecule has 6 heteroatoms. The smallest absolute Gasteiger partial charge is 0.238 e. The number of aryl methyl sites for hydroxylation is 2. The molecule has 0 aliphatic rings. The summed E-state index contributed by atoms with van der Waals surface area (Å²) < 4.78 is 19.2. The van der Waals surface area contributed by atoms with Crippen LogP contribution >= 0.6 is 12.4 Å². The standard InChI is InChI=1S/C21H26N2O3.ClH/c1-6-11-23-15(3)14(2)18-9-10-22-21(20(18)23)26-13-16-12-17(24-4)7-8-19(16)25-5;/h7-10,12H,6,11,13H2,1-5H3;1H. The van der Waals surface area contributed by atoms with E-state index in [1.807, 2.05) is 24.4 Å².